The van der Waals surface area contributed by atoms with E-state index in [1.165, 1.54) is 22.3 Å². The number of hydrogen-bond donors (Lipinski definition) is 1. The summed E-state index contributed by atoms with van der Waals surface area (Å²) in [6.07, 6.45) is 0.963. The molecule has 0 bridgehead atoms. The molecule has 1 aliphatic heterocycles. The maximum absolute atomic E-state index is 5.96. The molecular weight excluding hydrogens is 282 g/mol. The van der Waals surface area contributed by atoms with Crippen LogP contribution < -0.4 is 5.32 Å². The van der Waals surface area contributed by atoms with Crippen molar-refractivity contribution in [3.63, 3.8) is 0 Å². The van der Waals surface area contributed by atoms with Gasteiger partial charge in [-0.25, -0.2) is 0 Å². The first-order valence-electron chi connectivity index (χ1n) is 7.43. The molecule has 1 aliphatic rings. The highest BCUT2D eigenvalue weighted by molar-refractivity contribution is 6.30. The van der Waals surface area contributed by atoms with Crippen LogP contribution in [0.25, 0.3) is 0 Å². The Labute approximate surface area is 131 Å². The van der Waals surface area contributed by atoms with Gasteiger partial charge in [-0.1, -0.05) is 48.9 Å². The summed E-state index contributed by atoms with van der Waals surface area (Å²) in [5.74, 6) is 0. The van der Waals surface area contributed by atoms with Crippen LogP contribution in [0.2, 0.25) is 5.02 Å². The Balaban J connectivity index is 1.82. The maximum atomic E-state index is 5.96. The molecule has 3 heteroatoms. The minimum Gasteiger partial charge on any atom is -0.372 e. The second kappa shape index (κ2) is 6.61. The van der Waals surface area contributed by atoms with Gasteiger partial charge in [0, 0.05) is 11.1 Å². The number of nitrogens with one attached hydrogen (secondary N) is 1. The van der Waals surface area contributed by atoms with Gasteiger partial charge in [-0.2, -0.15) is 0 Å². The molecule has 0 amide bonds. The van der Waals surface area contributed by atoms with Crippen molar-refractivity contribution in [2.75, 3.05) is 6.54 Å². The number of likely N-dealkylation sites (N-methyl/N-ethyl adjacent to an activating group) is 1. The molecule has 0 saturated heterocycles. The van der Waals surface area contributed by atoms with E-state index in [9.17, 15) is 0 Å². The van der Waals surface area contributed by atoms with Gasteiger partial charge < -0.3 is 10.1 Å². The van der Waals surface area contributed by atoms with Crippen molar-refractivity contribution in [1.29, 1.82) is 0 Å². The monoisotopic (exact) mass is 301 g/mol. The van der Waals surface area contributed by atoms with Crippen molar-refractivity contribution in [3.8, 4) is 0 Å². The van der Waals surface area contributed by atoms with Crippen molar-refractivity contribution in [1.82, 2.24) is 5.32 Å². The lowest BCUT2D eigenvalue weighted by molar-refractivity contribution is 0.134. The Morgan fingerprint density at radius 2 is 1.86 bits per heavy atom. The molecule has 1 N–H and O–H groups in total. The number of ether oxygens (including phenoxy) is 1. The summed E-state index contributed by atoms with van der Waals surface area (Å²) in [5.41, 5.74) is 5.27. The summed E-state index contributed by atoms with van der Waals surface area (Å²) in [6.45, 7) is 4.58. The molecule has 0 saturated carbocycles. The third-order valence-corrected chi connectivity index (χ3v) is 4.20. The van der Waals surface area contributed by atoms with Crippen molar-refractivity contribution >= 4 is 11.6 Å². The molecule has 1 heterocycles. The zero-order valence-electron chi connectivity index (χ0n) is 12.2. The molecule has 1 atom stereocenters. The average molecular weight is 302 g/mol. The fourth-order valence-corrected chi connectivity index (χ4v) is 2.95. The molecule has 0 aliphatic carbocycles. The molecule has 110 valence electrons. The van der Waals surface area contributed by atoms with Crippen LogP contribution in [0.4, 0.5) is 0 Å². The van der Waals surface area contributed by atoms with Crippen LogP contribution in [0.1, 0.15) is 35.2 Å². The summed E-state index contributed by atoms with van der Waals surface area (Å²) in [7, 11) is 0. The highest BCUT2D eigenvalue weighted by Crippen LogP contribution is 2.26. The number of benzene rings is 2. The zero-order valence-corrected chi connectivity index (χ0v) is 13.0. The first-order valence-corrected chi connectivity index (χ1v) is 7.81. The molecule has 1 unspecified atom stereocenters. The van der Waals surface area contributed by atoms with Gasteiger partial charge in [0.15, 0.2) is 0 Å². The van der Waals surface area contributed by atoms with E-state index in [0.29, 0.717) is 6.04 Å². The fourth-order valence-electron chi connectivity index (χ4n) is 2.82. The number of hydrogen-bond acceptors (Lipinski definition) is 2. The second-order valence-electron chi connectivity index (χ2n) is 5.46. The lowest BCUT2D eigenvalue weighted by Crippen LogP contribution is -2.23. The van der Waals surface area contributed by atoms with E-state index >= 15 is 0 Å². The summed E-state index contributed by atoms with van der Waals surface area (Å²) in [6, 6.07) is 15.1. The minimum atomic E-state index is 0.321. The van der Waals surface area contributed by atoms with Gasteiger partial charge in [0.1, 0.15) is 0 Å². The van der Waals surface area contributed by atoms with Crippen molar-refractivity contribution in [3.05, 3.63) is 69.7 Å². The van der Waals surface area contributed by atoms with Gasteiger partial charge in [-0.05, 0) is 47.4 Å². The van der Waals surface area contributed by atoms with Crippen LogP contribution in [0.3, 0.4) is 0 Å². The molecular formula is C18H20ClNO. The summed E-state index contributed by atoms with van der Waals surface area (Å²) in [4.78, 5) is 0. The molecule has 0 aromatic heterocycles. The van der Waals surface area contributed by atoms with Gasteiger partial charge >= 0.3 is 0 Å². The molecule has 2 aromatic carbocycles. The summed E-state index contributed by atoms with van der Waals surface area (Å²) >= 11 is 5.96. The van der Waals surface area contributed by atoms with E-state index in [2.05, 4.69) is 42.6 Å². The number of fused-ring (bicyclic) bond motifs is 1. The lowest BCUT2D eigenvalue weighted by atomic mass is 9.96. The van der Waals surface area contributed by atoms with Crippen molar-refractivity contribution in [2.24, 2.45) is 0 Å². The predicted molar refractivity (Wildman–Crippen MR) is 86.5 cm³/mol. The van der Waals surface area contributed by atoms with Gasteiger partial charge in [-0.3, -0.25) is 0 Å². The summed E-state index contributed by atoms with van der Waals surface area (Å²) in [5, 5.41) is 4.36. The Bertz CT molecular complexity index is 609. The van der Waals surface area contributed by atoms with E-state index in [-0.39, 0.29) is 0 Å². The normalized spacial score (nSPS) is 15.0. The largest absolute Gasteiger partial charge is 0.372 e. The van der Waals surface area contributed by atoms with Crippen LogP contribution in [0.5, 0.6) is 0 Å². The van der Waals surface area contributed by atoms with E-state index in [0.717, 1.165) is 31.2 Å². The van der Waals surface area contributed by atoms with Crippen molar-refractivity contribution in [2.45, 2.75) is 32.6 Å². The van der Waals surface area contributed by atoms with Crippen LogP contribution in [-0.4, -0.2) is 6.54 Å². The summed E-state index contributed by atoms with van der Waals surface area (Å²) < 4.78 is 5.51. The zero-order chi connectivity index (χ0) is 14.7. The molecule has 2 aromatic rings. The Kier molecular flexibility index (Phi) is 4.59. The molecule has 2 nitrogen and oxygen atoms in total. The number of halogens is 1. The Morgan fingerprint density at radius 1 is 1.10 bits per heavy atom. The quantitative estimate of drug-likeness (QED) is 0.891. The van der Waals surface area contributed by atoms with Gasteiger partial charge in [0.05, 0.1) is 13.2 Å². The Hall–Kier alpha value is -1.35. The first-order chi connectivity index (χ1) is 10.3. The predicted octanol–water partition coefficient (Wildman–Crippen LogP) is 4.26. The lowest BCUT2D eigenvalue weighted by Gasteiger charge is -2.19. The van der Waals surface area contributed by atoms with E-state index in [1.54, 1.807) is 0 Å². The smallest absolute Gasteiger partial charge is 0.0725 e. The third-order valence-electron chi connectivity index (χ3n) is 3.95. The second-order valence-corrected chi connectivity index (χ2v) is 5.90. The Morgan fingerprint density at radius 3 is 2.62 bits per heavy atom. The van der Waals surface area contributed by atoms with E-state index in [1.807, 2.05) is 12.1 Å². The standard InChI is InChI=1S/C18H20ClNO/c1-2-20-18(9-13-3-7-17(19)8-4-13)14-5-6-15-11-21-12-16(15)10-14/h3-8,10,18,20H,2,9,11-12H2,1H3. The highest BCUT2D eigenvalue weighted by Gasteiger charge is 2.16. The molecule has 0 fully saturated rings. The first kappa shape index (κ1) is 14.6. The van der Waals surface area contributed by atoms with Crippen LogP contribution >= 0.6 is 11.6 Å². The number of rotatable bonds is 5. The molecule has 21 heavy (non-hydrogen) atoms. The minimum absolute atomic E-state index is 0.321. The fraction of sp³-hybridized carbons (Fsp3) is 0.333. The third kappa shape index (κ3) is 3.46. The maximum Gasteiger partial charge on any atom is 0.0725 e. The van der Waals surface area contributed by atoms with E-state index in [4.69, 9.17) is 16.3 Å². The SMILES string of the molecule is CCNC(Cc1ccc(Cl)cc1)c1ccc2c(c1)COC2. The highest BCUT2D eigenvalue weighted by atomic mass is 35.5. The molecule has 0 spiro atoms. The topological polar surface area (TPSA) is 21.3 Å². The van der Waals surface area contributed by atoms with Gasteiger partial charge in [-0.15, -0.1) is 0 Å². The van der Waals surface area contributed by atoms with Crippen LogP contribution in [0, 0.1) is 0 Å². The van der Waals surface area contributed by atoms with Crippen LogP contribution in [0.15, 0.2) is 42.5 Å². The van der Waals surface area contributed by atoms with Crippen LogP contribution in [-0.2, 0) is 24.4 Å². The molecule has 0 radical (unpaired) electrons. The van der Waals surface area contributed by atoms with E-state index < -0.39 is 0 Å². The molecule has 3 rings (SSSR count). The van der Waals surface area contributed by atoms with Crippen molar-refractivity contribution < 1.29 is 4.74 Å². The van der Waals surface area contributed by atoms with Gasteiger partial charge in [0.25, 0.3) is 0 Å². The average Bonchev–Trinajstić information content (AvgIpc) is 2.96. The van der Waals surface area contributed by atoms with Gasteiger partial charge in [0.2, 0.25) is 0 Å².